The number of nitrogens with one attached hydrogen (secondary N) is 1. The Balaban J connectivity index is 2.38. The van der Waals surface area contributed by atoms with Gasteiger partial charge in [0.1, 0.15) is 17.3 Å². The van der Waals surface area contributed by atoms with Gasteiger partial charge in [0.05, 0.1) is 10.2 Å². The van der Waals surface area contributed by atoms with Gasteiger partial charge in [-0.05, 0) is 50.1 Å². The fourth-order valence-corrected chi connectivity index (χ4v) is 2.30. The van der Waals surface area contributed by atoms with E-state index in [2.05, 4.69) is 63.1 Å². The molecule has 0 aliphatic rings. The van der Waals surface area contributed by atoms with Gasteiger partial charge in [0.15, 0.2) is 0 Å². The van der Waals surface area contributed by atoms with E-state index in [-0.39, 0.29) is 0 Å². The third-order valence-corrected chi connectivity index (χ3v) is 4.38. The van der Waals surface area contributed by atoms with Crippen LogP contribution in [-0.2, 0) is 0 Å². The number of rotatable bonds is 2. The molecule has 0 aliphatic heterocycles. The molecule has 0 atom stereocenters. The summed E-state index contributed by atoms with van der Waals surface area (Å²) in [6.07, 6.45) is 1.40. The lowest BCUT2D eigenvalue weighted by molar-refractivity contribution is 1.15. The number of anilines is 2. The highest BCUT2D eigenvalue weighted by Crippen LogP contribution is 2.32. The molecule has 0 aliphatic carbocycles. The lowest BCUT2D eigenvalue weighted by atomic mass is 10.3. The Labute approximate surface area is 128 Å². The summed E-state index contributed by atoms with van der Waals surface area (Å²) in [4.78, 5) is 7.98. The Morgan fingerprint density at radius 2 is 1.88 bits per heavy atom. The molecule has 2 aromatic rings. The van der Waals surface area contributed by atoms with Crippen LogP contribution in [-0.4, -0.2) is 9.97 Å². The summed E-state index contributed by atoms with van der Waals surface area (Å²) >= 11 is 16.1. The smallest absolute Gasteiger partial charge is 0.149 e. The van der Waals surface area contributed by atoms with Crippen molar-refractivity contribution in [2.45, 2.75) is 0 Å². The van der Waals surface area contributed by atoms with Gasteiger partial charge in [-0.25, -0.2) is 9.97 Å². The summed E-state index contributed by atoms with van der Waals surface area (Å²) in [6.45, 7) is 0. The molecule has 0 saturated carbocycles. The molecule has 17 heavy (non-hydrogen) atoms. The van der Waals surface area contributed by atoms with E-state index in [1.807, 2.05) is 18.2 Å². The predicted molar refractivity (Wildman–Crippen MR) is 79.9 cm³/mol. The highest BCUT2D eigenvalue weighted by Gasteiger charge is 2.08. The van der Waals surface area contributed by atoms with Gasteiger partial charge in [-0.2, -0.15) is 0 Å². The molecule has 7 heteroatoms. The van der Waals surface area contributed by atoms with Gasteiger partial charge in [0.2, 0.25) is 0 Å². The van der Waals surface area contributed by atoms with Gasteiger partial charge >= 0.3 is 0 Å². The van der Waals surface area contributed by atoms with E-state index in [4.69, 9.17) is 11.6 Å². The number of halogens is 4. The first-order valence-corrected chi connectivity index (χ1v) is 7.21. The molecule has 0 fully saturated rings. The van der Waals surface area contributed by atoms with Crippen LogP contribution in [0.25, 0.3) is 0 Å². The number of hydrogen-bond acceptors (Lipinski definition) is 3. The Morgan fingerprint density at radius 1 is 1.12 bits per heavy atom. The Bertz CT molecular complexity index is 562. The largest absolute Gasteiger partial charge is 0.338 e. The minimum Gasteiger partial charge on any atom is -0.338 e. The van der Waals surface area contributed by atoms with Crippen molar-refractivity contribution in [2.24, 2.45) is 0 Å². The second-order valence-electron chi connectivity index (χ2n) is 3.08. The second kappa shape index (κ2) is 5.65. The molecule has 1 N–H and O–H groups in total. The van der Waals surface area contributed by atoms with Gasteiger partial charge in [-0.1, -0.05) is 27.5 Å². The molecule has 1 heterocycles. The standard InChI is InChI=1S/C10H5Br3ClN3/c11-5-1-2-6(12)7(3-5)17-10-8(13)9(14)15-4-16-10/h1-4H,(H,15,16,17). The summed E-state index contributed by atoms with van der Waals surface area (Å²) < 4.78 is 2.54. The topological polar surface area (TPSA) is 37.8 Å². The predicted octanol–water partition coefficient (Wildman–Crippen LogP) is 5.16. The molecule has 0 bridgehead atoms. The molecule has 0 spiro atoms. The van der Waals surface area contributed by atoms with Crippen molar-refractivity contribution < 1.29 is 0 Å². The van der Waals surface area contributed by atoms with Crippen LogP contribution in [0.3, 0.4) is 0 Å². The van der Waals surface area contributed by atoms with Gasteiger partial charge in [-0.15, -0.1) is 0 Å². The van der Waals surface area contributed by atoms with E-state index in [0.29, 0.717) is 15.4 Å². The highest BCUT2D eigenvalue weighted by molar-refractivity contribution is 9.11. The van der Waals surface area contributed by atoms with E-state index in [1.165, 1.54) is 6.33 Å². The molecule has 1 aromatic heterocycles. The van der Waals surface area contributed by atoms with E-state index < -0.39 is 0 Å². The summed E-state index contributed by atoms with van der Waals surface area (Å²) in [6, 6.07) is 5.81. The van der Waals surface area contributed by atoms with Crippen molar-refractivity contribution in [1.82, 2.24) is 9.97 Å². The molecule has 0 unspecified atom stereocenters. The van der Waals surface area contributed by atoms with Crippen LogP contribution in [0.5, 0.6) is 0 Å². The zero-order chi connectivity index (χ0) is 12.4. The maximum absolute atomic E-state index is 5.89. The average Bonchev–Trinajstić information content (AvgIpc) is 2.30. The van der Waals surface area contributed by atoms with Crippen molar-refractivity contribution >= 4 is 70.9 Å². The Morgan fingerprint density at radius 3 is 2.65 bits per heavy atom. The van der Waals surface area contributed by atoms with Gasteiger partial charge in [0, 0.05) is 8.95 Å². The summed E-state index contributed by atoms with van der Waals surface area (Å²) in [7, 11) is 0. The number of aromatic nitrogens is 2. The van der Waals surface area contributed by atoms with E-state index in [1.54, 1.807) is 0 Å². The maximum atomic E-state index is 5.89. The van der Waals surface area contributed by atoms with Crippen molar-refractivity contribution in [3.8, 4) is 0 Å². The molecule has 88 valence electrons. The molecule has 3 nitrogen and oxygen atoms in total. The van der Waals surface area contributed by atoms with Crippen LogP contribution in [0.4, 0.5) is 11.5 Å². The quantitative estimate of drug-likeness (QED) is 0.653. The first kappa shape index (κ1) is 13.3. The fraction of sp³-hybridized carbons (Fsp3) is 0. The summed E-state index contributed by atoms with van der Waals surface area (Å²) in [5, 5.41) is 3.53. The minimum atomic E-state index is 0.369. The van der Waals surface area contributed by atoms with Crippen molar-refractivity contribution in [1.29, 1.82) is 0 Å². The molecule has 0 amide bonds. The number of hydrogen-bond donors (Lipinski definition) is 1. The number of nitrogens with zero attached hydrogens (tertiary/aromatic N) is 2. The van der Waals surface area contributed by atoms with E-state index in [9.17, 15) is 0 Å². The van der Waals surface area contributed by atoms with Crippen LogP contribution >= 0.6 is 59.4 Å². The maximum Gasteiger partial charge on any atom is 0.149 e. The lowest BCUT2D eigenvalue weighted by Gasteiger charge is -2.09. The van der Waals surface area contributed by atoms with Crippen LogP contribution in [0, 0.1) is 0 Å². The Hall–Kier alpha value is -0.170. The molecular formula is C10H5Br3ClN3. The third-order valence-electron chi connectivity index (χ3n) is 1.93. The first-order valence-electron chi connectivity index (χ1n) is 4.46. The van der Waals surface area contributed by atoms with Crippen LogP contribution < -0.4 is 5.32 Å². The molecule has 2 rings (SSSR count). The molecule has 1 aromatic carbocycles. The van der Waals surface area contributed by atoms with Crippen molar-refractivity contribution in [2.75, 3.05) is 5.32 Å². The Kier molecular flexibility index (Phi) is 4.41. The van der Waals surface area contributed by atoms with Gasteiger partial charge in [-0.3, -0.25) is 0 Å². The van der Waals surface area contributed by atoms with Crippen molar-refractivity contribution in [3.05, 3.63) is 43.1 Å². The van der Waals surface area contributed by atoms with Crippen molar-refractivity contribution in [3.63, 3.8) is 0 Å². The monoisotopic (exact) mass is 439 g/mol. The fourth-order valence-electron chi connectivity index (χ4n) is 1.16. The normalized spacial score (nSPS) is 10.4. The van der Waals surface area contributed by atoms with Crippen LogP contribution in [0.1, 0.15) is 0 Å². The average molecular weight is 442 g/mol. The van der Waals surface area contributed by atoms with E-state index in [0.717, 1.165) is 14.6 Å². The first-order chi connectivity index (χ1) is 8.08. The molecule has 0 radical (unpaired) electrons. The summed E-state index contributed by atoms with van der Waals surface area (Å²) in [5.74, 6) is 0.615. The zero-order valence-corrected chi connectivity index (χ0v) is 13.7. The minimum absolute atomic E-state index is 0.369. The van der Waals surface area contributed by atoms with Crippen LogP contribution in [0.2, 0.25) is 5.15 Å². The summed E-state index contributed by atoms with van der Waals surface area (Å²) in [5.41, 5.74) is 0.884. The molecule has 0 saturated heterocycles. The highest BCUT2D eigenvalue weighted by atomic mass is 79.9. The number of benzene rings is 1. The van der Waals surface area contributed by atoms with E-state index >= 15 is 0 Å². The third kappa shape index (κ3) is 3.19. The lowest BCUT2D eigenvalue weighted by Crippen LogP contribution is -1.97. The van der Waals surface area contributed by atoms with Gasteiger partial charge < -0.3 is 5.32 Å². The van der Waals surface area contributed by atoms with Crippen LogP contribution in [0.15, 0.2) is 37.9 Å². The zero-order valence-electron chi connectivity index (χ0n) is 8.22. The SMILES string of the molecule is Clc1ncnc(Nc2cc(Br)ccc2Br)c1Br. The molecular weight excluding hydrogens is 437 g/mol. The van der Waals surface area contributed by atoms with Gasteiger partial charge in [0.25, 0.3) is 0 Å². The second-order valence-corrected chi connectivity index (χ2v) is 6.00.